The zero-order valence-corrected chi connectivity index (χ0v) is 30.5. The smallest absolute Gasteiger partial charge is 0.269 e. The van der Waals surface area contributed by atoms with Crippen LogP contribution in [0.3, 0.4) is 0 Å². The largest absolute Gasteiger partial charge is 0.395 e. The van der Waals surface area contributed by atoms with Crippen LogP contribution < -0.4 is 21.7 Å². The molecule has 2 atom stereocenters. The van der Waals surface area contributed by atoms with Crippen molar-refractivity contribution in [3.8, 4) is 0 Å². The number of hydrogen-bond donors (Lipinski definition) is 5. The highest BCUT2D eigenvalue weighted by Crippen LogP contribution is 2.16. The molecule has 0 saturated heterocycles. The van der Waals surface area contributed by atoms with E-state index in [1.165, 1.54) is 18.6 Å². The Morgan fingerprint density at radius 1 is 0.694 bits per heavy atom. The van der Waals surface area contributed by atoms with Crippen molar-refractivity contribution in [1.82, 2.24) is 30.7 Å². The monoisotopic (exact) mass is 689 g/mol. The van der Waals surface area contributed by atoms with E-state index in [-0.39, 0.29) is 28.9 Å². The summed E-state index contributed by atoms with van der Waals surface area (Å²) in [5.41, 5.74) is 8.46. The molecule has 2 rings (SSSR count). The number of nitro benzene ring substituents is 2. The quantitative estimate of drug-likeness (QED) is 0.0554. The standard InChI is InChI=1S/C20H36N4O2.C15H27N5O3/c1-6-11-21(3)12-13-22(4)14-15-23(5)17-18(2)16-19-7-9-20(10-8-19)24(25)26;16-14(11-13-1-3-15(4-2-13)20(22)23)12-19-8-7-17-5-6-18-9-10-21/h7-10,18H,6,11-17H2,1-5H3;1-4,14,17-19,21H,5-12,16H2. The third-order valence-electron chi connectivity index (χ3n) is 7.98. The van der Waals surface area contributed by atoms with Gasteiger partial charge in [-0.2, -0.15) is 0 Å². The second-order valence-corrected chi connectivity index (χ2v) is 12.9. The zero-order valence-electron chi connectivity index (χ0n) is 30.5. The third-order valence-corrected chi connectivity index (χ3v) is 7.98. The van der Waals surface area contributed by atoms with E-state index in [2.05, 4.69) is 65.6 Å². The maximum atomic E-state index is 10.7. The minimum absolute atomic E-state index is 0.0253. The summed E-state index contributed by atoms with van der Waals surface area (Å²) in [5.74, 6) is 0.516. The molecule has 0 aliphatic heterocycles. The molecule has 14 nitrogen and oxygen atoms in total. The van der Waals surface area contributed by atoms with Crippen LogP contribution in [-0.2, 0) is 12.8 Å². The lowest BCUT2D eigenvalue weighted by atomic mass is 10.0. The van der Waals surface area contributed by atoms with Crippen LogP contribution in [0.25, 0.3) is 0 Å². The summed E-state index contributed by atoms with van der Waals surface area (Å²) in [6, 6.07) is 13.4. The number of benzene rings is 2. The minimum Gasteiger partial charge on any atom is -0.395 e. The number of nitro groups is 2. The van der Waals surface area contributed by atoms with E-state index in [0.29, 0.717) is 25.4 Å². The minimum atomic E-state index is -0.405. The Morgan fingerprint density at radius 3 is 1.59 bits per heavy atom. The van der Waals surface area contributed by atoms with E-state index in [0.717, 1.165) is 83.0 Å². The van der Waals surface area contributed by atoms with Crippen LogP contribution in [0.2, 0.25) is 0 Å². The molecule has 6 N–H and O–H groups in total. The normalized spacial score (nSPS) is 12.6. The molecule has 0 radical (unpaired) electrons. The maximum absolute atomic E-state index is 10.7. The molecule has 49 heavy (non-hydrogen) atoms. The van der Waals surface area contributed by atoms with E-state index in [1.807, 2.05) is 12.1 Å². The molecule has 0 amide bonds. The molecule has 2 aromatic carbocycles. The summed E-state index contributed by atoms with van der Waals surface area (Å²) in [7, 11) is 6.54. The Kier molecular flexibility index (Phi) is 24.0. The topological polar surface area (TPSA) is 178 Å². The first-order valence-corrected chi connectivity index (χ1v) is 17.5. The van der Waals surface area contributed by atoms with Gasteiger partial charge in [-0.3, -0.25) is 20.2 Å². The van der Waals surface area contributed by atoms with Gasteiger partial charge in [0.1, 0.15) is 0 Å². The van der Waals surface area contributed by atoms with Gasteiger partial charge in [0, 0.05) is 102 Å². The Labute approximate surface area is 293 Å². The second-order valence-electron chi connectivity index (χ2n) is 12.9. The van der Waals surface area contributed by atoms with Gasteiger partial charge in [-0.05, 0) is 64.0 Å². The van der Waals surface area contributed by atoms with Crippen LogP contribution >= 0.6 is 0 Å². The molecule has 2 unspecified atom stereocenters. The van der Waals surface area contributed by atoms with Gasteiger partial charge in [-0.15, -0.1) is 0 Å². The molecular weight excluding hydrogens is 626 g/mol. The summed E-state index contributed by atoms with van der Waals surface area (Å²) >= 11 is 0. The van der Waals surface area contributed by atoms with Crippen molar-refractivity contribution >= 4 is 11.4 Å². The van der Waals surface area contributed by atoms with Crippen molar-refractivity contribution < 1.29 is 15.0 Å². The first-order valence-electron chi connectivity index (χ1n) is 17.5. The van der Waals surface area contributed by atoms with Crippen molar-refractivity contribution in [2.45, 2.75) is 39.2 Å². The molecule has 0 aliphatic rings. The fraction of sp³-hybridized carbons (Fsp3) is 0.657. The Hall–Kier alpha value is -3.08. The van der Waals surface area contributed by atoms with E-state index < -0.39 is 4.92 Å². The predicted molar refractivity (Wildman–Crippen MR) is 199 cm³/mol. The average Bonchev–Trinajstić information content (AvgIpc) is 3.06. The van der Waals surface area contributed by atoms with Gasteiger partial charge in [0.05, 0.1) is 16.5 Å². The summed E-state index contributed by atoms with van der Waals surface area (Å²) < 4.78 is 0. The molecule has 0 aliphatic carbocycles. The van der Waals surface area contributed by atoms with Gasteiger partial charge in [-0.1, -0.05) is 38.1 Å². The highest BCUT2D eigenvalue weighted by Gasteiger charge is 2.11. The van der Waals surface area contributed by atoms with Crippen LogP contribution in [-0.4, -0.2) is 142 Å². The summed E-state index contributed by atoms with van der Waals surface area (Å²) in [5, 5.41) is 39.5. The first-order chi connectivity index (χ1) is 23.4. The number of aliphatic hydroxyl groups is 1. The van der Waals surface area contributed by atoms with Crippen LogP contribution in [0, 0.1) is 26.1 Å². The van der Waals surface area contributed by atoms with Crippen molar-refractivity contribution in [2.24, 2.45) is 11.7 Å². The van der Waals surface area contributed by atoms with Gasteiger partial charge in [0.2, 0.25) is 0 Å². The number of rotatable bonds is 26. The Morgan fingerprint density at radius 2 is 1.12 bits per heavy atom. The highest BCUT2D eigenvalue weighted by atomic mass is 16.6. The van der Waals surface area contributed by atoms with Crippen LogP contribution in [0.4, 0.5) is 11.4 Å². The summed E-state index contributed by atoms with van der Waals surface area (Å²) in [6.45, 7) is 15.8. The molecule has 0 aromatic heterocycles. The lowest BCUT2D eigenvalue weighted by molar-refractivity contribution is -0.385. The molecule has 0 fully saturated rings. The molecule has 278 valence electrons. The maximum Gasteiger partial charge on any atom is 0.269 e. The number of aliphatic hydroxyl groups excluding tert-OH is 1. The van der Waals surface area contributed by atoms with E-state index in [9.17, 15) is 20.2 Å². The molecule has 0 heterocycles. The number of nitrogens with zero attached hydrogens (tertiary/aromatic N) is 5. The average molecular weight is 690 g/mol. The number of non-ortho nitro benzene ring substituents is 2. The SMILES string of the molecule is CCCN(C)CCN(C)CCN(C)CC(C)Cc1ccc([N+](=O)[O-])cc1.NC(CNCCNCCNCCO)Cc1ccc([N+](=O)[O-])cc1. The summed E-state index contributed by atoms with van der Waals surface area (Å²) in [6.07, 6.45) is 2.83. The lowest BCUT2D eigenvalue weighted by Gasteiger charge is -2.26. The number of nitrogens with two attached hydrogens (primary N) is 1. The van der Waals surface area contributed by atoms with Crippen molar-refractivity contribution in [3.05, 3.63) is 79.9 Å². The van der Waals surface area contributed by atoms with E-state index in [1.54, 1.807) is 24.3 Å². The van der Waals surface area contributed by atoms with Crippen LogP contribution in [0.1, 0.15) is 31.4 Å². The first kappa shape index (κ1) is 43.9. The number of nitrogens with one attached hydrogen (secondary N) is 3. The van der Waals surface area contributed by atoms with Crippen LogP contribution in [0.5, 0.6) is 0 Å². The second kappa shape index (κ2) is 26.7. The van der Waals surface area contributed by atoms with Crippen LogP contribution in [0.15, 0.2) is 48.5 Å². The molecular formula is C35H63N9O5. The van der Waals surface area contributed by atoms with Gasteiger partial charge >= 0.3 is 0 Å². The van der Waals surface area contributed by atoms with E-state index in [4.69, 9.17) is 10.8 Å². The van der Waals surface area contributed by atoms with Crippen molar-refractivity contribution in [1.29, 1.82) is 0 Å². The van der Waals surface area contributed by atoms with Crippen molar-refractivity contribution in [3.63, 3.8) is 0 Å². The number of likely N-dealkylation sites (N-methyl/N-ethyl adjacent to an activating group) is 3. The van der Waals surface area contributed by atoms with Gasteiger partial charge in [-0.25, -0.2) is 0 Å². The molecule has 0 bridgehead atoms. The van der Waals surface area contributed by atoms with Crippen molar-refractivity contribution in [2.75, 3.05) is 106 Å². The Balaban J connectivity index is 0.000000494. The van der Waals surface area contributed by atoms with Gasteiger partial charge in [0.15, 0.2) is 0 Å². The third kappa shape index (κ3) is 22.3. The molecule has 0 saturated carbocycles. The van der Waals surface area contributed by atoms with Gasteiger partial charge in [0.25, 0.3) is 11.4 Å². The molecule has 0 spiro atoms. The predicted octanol–water partition coefficient (Wildman–Crippen LogP) is 2.20. The fourth-order valence-electron chi connectivity index (χ4n) is 5.23. The zero-order chi connectivity index (χ0) is 36.4. The van der Waals surface area contributed by atoms with Gasteiger partial charge < -0.3 is 41.5 Å². The van der Waals surface area contributed by atoms with E-state index >= 15 is 0 Å². The molecule has 2 aromatic rings. The Bertz CT molecular complexity index is 1140. The number of hydrogen-bond acceptors (Lipinski definition) is 12. The fourth-order valence-corrected chi connectivity index (χ4v) is 5.23. The lowest BCUT2D eigenvalue weighted by Crippen LogP contribution is -2.39. The molecule has 14 heteroatoms. The summed E-state index contributed by atoms with van der Waals surface area (Å²) in [4.78, 5) is 27.7. The highest BCUT2D eigenvalue weighted by molar-refractivity contribution is 5.33.